The molecule has 39 heavy (non-hydrogen) atoms. The molecule has 0 radical (unpaired) electrons. The van der Waals surface area contributed by atoms with Crippen molar-refractivity contribution in [1.82, 2.24) is 0 Å². The van der Waals surface area contributed by atoms with Crippen molar-refractivity contribution in [2.75, 3.05) is 6.16 Å². The number of rotatable bonds is 11. The second-order valence-electron chi connectivity index (χ2n) is 10.2. The molecule has 1 aliphatic carbocycles. The normalized spacial score (nSPS) is 14.6. The molecule has 0 heterocycles. The minimum Gasteiger partial charge on any atom is -0.0882 e. The van der Waals surface area contributed by atoms with Crippen LogP contribution >= 0.6 is 15.8 Å². The van der Waals surface area contributed by atoms with Crippen LogP contribution in [0.3, 0.4) is 0 Å². The van der Waals surface area contributed by atoms with E-state index in [0.29, 0.717) is 5.66 Å². The highest BCUT2D eigenvalue weighted by atomic mass is 31.1. The van der Waals surface area contributed by atoms with Gasteiger partial charge >= 0.3 is 0 Å². The van der Waals surface area contributed by atoms with Crippen molar-refractivity contribution in [1.29, 1.82) is 0 Å². The van der Waals surface area contributed by atoms with Gasteiger partial charge in [-0.1, -0.05) is 152 Å². The van der Waals surface area contributed by atoms with Gasteiger partial charge < -0.3 is 0 Å². The zero-order valence-corrected chi connectivity index (χ0v) is 24.7. The summed E-state index contributed by atoms with van der Waals surface area (Å²) in [7, 11) is -0.790. The molecule has 0 bridgehead atoms. The Morgan fingerprint density at radius 2 is 1.00 bits per heavy atom. The molecule has 0 aliphatic heterocycles. The molecule has 4 aromatic carbocycles. The number of unbranched alkanes of at least 4 members (excludes halogenated alkanes) is 1. The van der Waals surface area contributed by atoms with Gasteiger partial charge in [-0.2, -0.15) is 0 Å². The molecule has 0 spiro atoms. The zero-order valence-electron chi connectivity index (χ0n) is 22.9. The first-order chi connectivity index (χ1) is 19.4. The van der Waals surface area contributed by atoms with Gasteiger partial charge in [-0.15, -0.1) is 0 Å². The largest absolute Gasteiger partial charge is 0.0882 e. The van der Waals surface area contributed by atoms with Crippen LogP contribution in [-0.4, -0.2) is 11.8 Å². The predicted octanol–water partition coefficient (Wildman–Crippen LogP) is 8.85. The molecule has 0 saturated carbocycles. The van der Waals surface area contributed by atoms with Crippen molar-refractivity contribution in [3.05, 3.63) is 145 Å². The van der Waals surface area contributed by atoms with Gasteiger partial charge in [0.1, 0.15) is 0 Å². The summed E-state index contributed by atoms with van der Waals surface area (Å²) in [5.74, 6) is 0. The smallest absolute Gasteiger partial charge is 0.00809 e. The maximum absolute atomic E-state index is 2.61. The highest BCUT2D eigenvalue weighted by Gasteiger charge is 2.27. The van der Waals surface area contributed by atoms with E-state index in [-0.39, 0.29) is 7.92 Å². The van der Waals surface area contributed by atoms with Gasteiger partial charge in [0.15, 0.2) is 0 Å². The quantitative estimate of drug-likeness (QED) is 0.100. The summed E-state index contributed by atoms with van der Waals surface area (Å²) in [6.07, 6.45) is 17.1. The van der Waals surface area contributed by atoms with Crippen LogP contribution in [0.4, 0.5) is 0 Å². The number of benzene rings is 4. The molecular weight excluding hydrogens is 506 g/mol. The third-order valence-electron chi connectivity index (χ3n) is 7.56. The molecule has 198 valence electrons. The van der Waals surface area contributed by atoms with Gasteiger partial charge in [-0.05, 0) is 81.7 Å². The Morgan fingerprint density at radius 1 is 0.513 bits per heavy atom. The fourth-order valence-corrected chi connectivity index (χ4v) is 11.1. The molecule has 0 fully saturated rings. The molecule has 0 amide bonds. The van der Waals surface area contributed by atoms with Crippen LogP contribution in [0.15, 0.2) is 145 Å². The third kappa shape index (κ3) is 7.88. The van der Waals surface area contributed by atoms with E-state index in [4.69, 9.17) is 0 Å². The van der Waals surface area contributed by atoms with Gasteiger partial charge in [0.25, 0.3) is 0 Å². The highest BCUT2D eigenvalue weighted by Crippen LogP contribution is 2.47. The SMILES string of the molecule is C1=CCCC(C(CCCCP(c2ccccc2)c2ccccc2)P(c2ccccc2)c2ccccc2)=CCC1. The molecule has 5 rings (SSSR count). The Bertz CT molecular complexity index is 1220. The van der Waals surface area contributed by atoms with Crippen LogP contribution in [0.25, 0.3) is 0 Å². The van der Waals surface area contributed by atoms with Gasteiger partial charge in [0.2, 0.25) is 0 Å². The monoisotopic (exact) mass is 546 g/mol. The lowest BCUT2D eigenvalue weighted by Gasteiger charge is -2.32. The average Bonchev–Trinajstić information content (AvgIpc) is 2.98. The fourth-order valence-electron chi connectivity index (χ4n) is 5.65. The van der Waals surface area contributed by atoms with Crippen LogP contribution in [0.2, 0.25) is 0 Å². The van der Waals surface area contributed by atoms with Crippen molar-refractivity contribution in [2.24, 2.45) is 0 Å². The summed E-state index contributed by atoms with van der Waals surface area (Å²) in [6.45, 7) is 0. The van der Waals surface area contributed by atoms with Gasteiger partial charge in [-0.3, -0.25) is 0 Å². The predicted molar refractivity (Wildman–Crippen MR) is 176 cm³/mol. The molecule has 1 atom stereocenters. The summed E-state index contributed by atoms with van der Waals surface area (Å²) >= 11 is 0. The first kappa shape index (κ1) is 27.8. The molecule has 0 nitrogen and oxygen atoms in total. The summed E-state index contributed by atoms with van der Waals surface area (Å²) < 4.78 is 0. The van der Waals surface area contributed by atoms with Crippen molar-refractivity contribution in [3.8, 4) is 0 Å². The van der Waals surface area contributed by atoms with Crippen LogP contribution in [0.1, 0.15) is 44.9 Å². The molecule has 0 saturated heterocycles. The average molecular weight is 547 g/mol. The van der Waals surface area contributed by atoms with Gasteiger partial charge in [0, 0.05) is 5.66 Å². The summed E-state index contributed by atoms with van der Waals surface area (Å²) in [5.41, 5.74) is 2.29. The van der Waals surface area contributed by atoms with E-state index in [1.54, 1.807) is 5.57 Å². The summed E-state index contributed by atoms with van der Waals surface area (Å²) in [4.78, 5) is 0. The lowest BCUT2D eigenvalue weighted by molar-refractivity contribution is 0.702. The van der Waals surface area contributed by atoms with Crippen molar-refractivity contribution in [2.45, 2.75) is 50.6 Å². The number of hydrogen-bond acceptors (Lipinski definition) is 0. The van der Waals surface area contributed by atoms with E-state index in [0.717, 1.165) is 0 Å². The van der Waals surface area contributed by atoms with E-state index in [9.17, 15) is 0 Å². The van der Waals surface area contributed by atoms with Crippen LogP contribution in [0.5, 0.6) is 0 Å². The number of allylic oxidation sites excluding steroid dienone is 4. The highest BCUT2D eigenvalue weighted by molar-refractivity contribution is 7.74. The Morgan fingerprint density at radius 3 is 1.54 bits per heavy atom. The van der Waals surface area contributed by atoms with Gasteiger partial charge in [-0.25, -0.2) is 0 Å². The Kier molecular flexibility index (Phi) is 10.8. The molecular formula is C37H40P2. The lowest BCUT2D eigenvalue weighted by atomic mass is 9.98. The first-order valence-electron chi connectivity index (χ1n) is 14.5. The van der Waals surface area contributed by atoms with E-state index in [1.807, 2.05) is 0 Å². The molecule has 2 heteroatoms. The van der Waals surface area contributed by atoms with E-state index in [2.05, 4.69) is 140 Å². The standard InChI is InChI=1S/C37H40P2/c1-2-8-20-32(21-9-3-1)37(39(35-26-14-6-15-27-35)36-28-16-7-17-29-36)30-18-19-31-38(33-22-10-4-11-23-33)34-24-12-5-13-25-34/h1-2,4-7,10-17,21-29,37H,3,8-9,18-20,30-31H2. The van der Waals surface area contributed by atoms with Crippen LogP contribution in [0, 0.1) is 0 Å². The van der Waals surface area contributed by atoms with E-state index >= 15 is 0 Å². The van der Waals surface area contributed by atoms with Crippen LogP contribution in [-0.2, 0) is 0 Å². The maximum atomic E-state index is 2.61. The number of hydrogen-bond donors (Lipinski definition) is 0. The maximum Gasteiger partial charge on any atom is 0.00809 e. The topological polar surface area (TPSA) is 0 Å². The minimum absolute atomic E-state index is 0.325. The Balaban J connectivity index is 1.39. The van der Waals surface area contributed by atoms with Crippen LogP contribution < -0.4 is 21.2 Å². The minimum atomic E-state index is -0.464. The second kappa shape index (κ2) is 15.1. The van der Waals surface area contributed by atoms with E-state index < -0.39 is 7.92 Å². The van der Waals surface area contributed by atoms with Crippen molar-refractivity contribution < 1.29 is 0 Å². The Hall–Kier alpha value is -2.78. The molecule has 0 N–H and O–H groups in total. The molecule has 4 aromatic rings. The summed E-state index contributed by atoms with van der Waals surface area (Å²) in [6, 6.07) is 45.1. The molecule has 1 aliphatic rings. The first-order valence-corrected chi connectivity index (χ1v) is 17.4. The summed E-state index contributed by atoms with van der Waals surface area (Å²) in [5, 5.41) is 6.03. The third-order valence-corrected chi connectivity index (χ3v) is 13.1. The van der Waals surface area contributed by atoms with Crippen molar-refractivity contribution in [3.63, 3.8) is 0 Å². The zero-order chi connectivity index (χ0) is 26.5. The lowest BCUT2D eigenvalue weighted by Crippen LogP contribution is -2.24. The van der Waals surface area contributed by atoms with Crippen molar-refractivity contribution >= 4 is 37.1 Å². The molecule has 0 aromatic heterocycles. The molecule has 1 unspecified atom stereocenters. The van der Waals surface area contributed by atoms with E-state index in [1.165, 1.54) is 72.3 Å². The Labute approximate surface area is 238 Å². The second-order valence-corrected chi connectivity index (χ2v) is 15.0. The van der Waals surface area contributed by atoms with Gasteiger partial charge in [0.05, 0.1) is 0 Å². The fraction of sp³-hybridized carbons (Fsp3) is 0.243.